The number of hydrogen-bond acceptors (Lipinski definition) is 6. The molecule has 2 heterocycles. The summed E-state index contributed by atoms with van der Waals surface area (Å²) in [7, 11) is 3.21. The molecule has 1 unspecified atom stereocenters. The molecule has 1 aromatic heterocycles. The van der Waals surface area contributed by atoms with Gasteiger partial charge in [0.25, 0.3) is 0 Å². The van der Waals surface area contributed by atoms with Crippen LogP contribution in [0.2, 0.25) is 0 Å². The molecule has 9 nitrogen and oxygen atoms in total. The number of nitrogens with one attached hydrogen (secondary N) is 2. The van der Waals surface area contributed by atoms with Gasteiger partial charge in [-0.25, -0.2) is 0 Å². The largest absolute Gasteiger partial charge is 0.497 e. The fraction of sp³-hybridized carbons (Fsp3) is 0.476. The van der Waals surface area contributed by atoms with E-state index in [2.05, 4.69) is 15.7 Å². The van der Waals surface area contributed by atoms with Crippen LogP contribution in [-0.2, 0) is 22.7 Å². The molecule has 1 atom stereocenters. The van der Waals surface area contributed by atoms with Gasteiger partial charge in [0.2, 0.25) is 11.8 Å². The molecular formula is C21H29N5O4. The fourth-order valence-electron chi connectivity index (χ4n) is 3.51. The first kappa shape index (κ1) is 21.6. The Hall–Kier alpha value is -3.07. The molecule has 3 rings (SSSR count). The molecule has 0 bridgehead atoms. The van der Waals surface area contributed by atoms with E-state index in [1.54, 1.807) is 26.5 Å². The average Bonchev–Trinajstić information content (AvgIpc) is 3.27. The number of benzene rings is 1. The molecule has 1 aromatic carbocycles. The van der Waals surface area contributed by atoms with Crippen molar-refractivity contribution in [3.63, 3.8) is 0 Å². The molecule has 9 heteroatoms. The highest BCUT2D eigenvalue weighted by Gasteiger charge is 2.31. The van der Waals surface area contributed by atoms with Crippen molar-refractivity contribution in [3.8, 4) is 11.5 Å². The number of amides is 2. The van der Waals surface area contributed by atoms with E-state index >= 15 is 0 Å². The van der Waals surface area contributed by atoms with Gasteiger partial charge in [0, 0.05) is 51.2 Å². The lowest BCUT2D eigenvalue weighted by Gasteiger charge is -2.34. The Bertz CT molecular complexity index is 818. The first-order valence-electron chi connectivity index (χ1n) is 10.1. The molecule has 0 spiro atoms. The zero-order valence-corrected chi connectivity index (χ0v) is 17.5. The van der Waals surface area contributed by atoms with Crippen molar-refractivity contribution in [2.24, 2.45) is 0 Å². The van der Waals surface area contributed by atoms with E-state index in [1.807, 2.05) is 34.0 Å². The standard InChI is InChI=1S/C21H29N5O4/c1-29-17-11-16(12-18(13-17)30-2)15-25-10-7-23-21(28)19(25)14-20(27)22-5-3-8-26-9-4-6-24-26/h4,6,9,11-13,19H,3,5,7-8,10,14-15H2,1-2H3,(H,22,27)(H,23,28). The zero-order chi connectivity index (χ0) is 21.3. The maximum atomic E-state index is 12.5. The third-order valence-electron chi connectivity index (χ3n) is 5.06. The van der Waals surface area contributed by atoms with E-state index in [9.17, 15) is 9.59 Å². The van der Waals surface area contributed by atoms with Crippen molar-refractivity contribution < 1.29 is 19.1 Å². The summed E-state index contributed by atoms with van der Waals surface area (Å²) in [4.78, 5) is 26.9. The van der Waals surface area contributed by atoms with E-state index in [0.29, 0.717) is 37.7 Å². The van der Waals surface area contributed by atoms with Crippen molar-refractivity contribution >= 4 is 11.8 Å². The quantitative estimate of drug-likeness (QED) is 0.557. The van der Waals surface area contributed by atoms with Crippen LogP contribution >= 0.6 is 0 Å². The molecule has 162 valence electrons. The van der Waals surface area contributed by atoms with Gasteiger partial charge in [0.05, 0.1) is 26.7 Å². The third kappa shape index (κ3) is 5.96. The Morgan fingerprint density at radius 3 is 2.70 bits per heavy atom. The number of ether oxygens (including phenoxy) is 2. The number of hydrogen-bond donors (Lipinski definition) is 2. The van der Waals surface area contributed by atoms with Crippen molar-refractivity contribution in [1.82, 2.24) is 25.3 Å². The van der Waals surface area contributed by atoms with Gasteiger partial charge in [-0.3, -0.25) is 19.2 Å². The van der Waals surface area contributed by atoms with Crippen molar-refractivity contribution in [1.29, 1.82) is 0 Å². The minimum atomic E-state index is -0.512. The summed E-state index contributed by atoms with van der Waals surface area (Å²) in [5, 5.41) is 9.91. The van der Waals surface area contributed by atoms with Crippen molar-refractivity contribution in [3.05, 3.63) is 42.2 Å². The van der Waals surface area contributed by atoms with E-state index in [-0.39, 0.29) is 18.2 Å². The molecular weight excluding hydrogens is 386 g/mol. The normalized spacial score (nSPS) is 16.7. The third-order valence-corrected chi connectivity index (χ3v) is 5.06. The lowest BCUT2D eigenvalue weighted by Crippen LogP contribution is -2.56. The topological polar surface area (TPSA) is 97.7 Å². The molecule has 0 radical (unpaired) electrons. The van der Waals surface area contributed by atoms with Crippen LogP contribution in [0.1, 0.15) is 18.4 Å². The van der Waals surface area contributed by atoms with Crippen molar-refractivity contribution in [2.75, 3.05) is 33.9 Å². The van der Waals surface area contributed by atoms with Gasteiger partial charge in [-0.05, 0) is 30.2 Å². The molecule has 30 heavy (non-hydrogen) atoms. The number of methoxy groups -OCH3 is 2. The van der Waals surface area contributed by atoms with Crippen LogP contribution in [0.5, 0.6) is 11.5 Å². The SMILES string of the molecule is COc1cc(CN2CCNC(=O)C2CC(=O)NCCCn2cccn2)cc(OC)c1. The van der Waals surface area contributed by atoms with Crippen LogP contribution in [0.3, 0.4) is 0 Å². The number of piperazine rings is 1. The minimum Gasteiger partial charge on any atom is -0.497 e. The van der Waals surface area contributed by atoms with E-state index in [4.69, 9.17) is 9.47 Å². The van der Waals surface area contributed by atoms with Gasteiger partial charge >= 0.3 is 0 Å². The predicted octanol–water partition coefficient (Wildman–Crippen LogP) is 0.797. The number of aryl methyl sites for hydroxylation is 1. The number of nitrogens with zero attached hydrogens (tertiary/aromatic N) is 3. The Labute approximate surface area is 176 Å². The van der Waals surface area contributed by atoms with Crippen LogP contribution in [0, 0.1) is 0 Å². The van der Waals surface area contributed by atoms with Crippen LogP contribution in [0.15, 0.2) is 36.7 Å². The maximum Gasteiger partial charge on any atom is 0.237 e. The zero-order valence-electron chi connectivity index (χ0n) is 17.5. The molecule has 1 fully saturated rings. The van der Waals surface area contributed by atoms with Crippen LogP contribution in [0.4, 0.5) is 0 Å². The first-order valence-corrected chi connectivity index (χ1v) is 10.1. The van der Waals surface area contributed by atoms with Crippen LogP contribution in [-0.4, -0.2) is 66.4 Å². The lowest BCUT2D eigenvalue weighted by molar-refractivity contribution is -0.134. The molecule has 1 aliphatic rings. The highest BCUT2D eigenvalue weighted by Crippen LogP contribution is 2.24. The van der Waals surface area contributed by atoms with E-state index < -0.39 is 6.04 Å². The number of aromatic nitrogens is 2. The Morgan fingerprint density at radius 2 is 2.03 bits per heavy atom. The molecule has 0 aliphatic carbocycles. The Balaban J connectivity index is 1.56. The lowest BCUT2D eigenvalue weighted by atomic mass is 10.1. The summed E-state index contributed by atoms with van der Waals surface area (Å²) in [6.45, 7) is 3.03. The summed E-state index contributed by atoms with van der Waals surface area (Å²) in [6, 6.07) is 7.00. The molecule has 0 saturated carbocycles. The molecule has 1 saturated heterocycles. The van der Waals surface area contributed by atoms with Gasteiger partial charge in [-0.2, -0.15) is 5.10 Å². The number of rotatable bonds is 10. The molecule has 1 aliphatic heterocycles. The second kappa shape index (κ2) is 10.6. The summed E-state index contributed by atoms with van der Waals surface area (Å²) in [5.74, 6) is 1.13. The monoisotopic (exact) mass is 415 g/mol. The van der Waals surface area contributed by atoms with Gasteiger partial charge in [0.15, 0.2) is 0 Å². The molecule has 2 amide bonds. The fourth-order valence-corrected chi connectivity index (χ4v) is 3.51. The van der Waals surface area contributed by atoms with Gasteiger partial charge in [-0.1, -0.05) is 0 Å². The highest BCUT2D eigenvalue weighted by molar-refractivity contribution is 5.88. The maximum absolute atomic E-state index is 12.5. The minimum absolute atomic E-state index is 0.120. The molecule has 2 N–H and O–H groups in total. The smallest absolute Gasteiger partial charge is 0.237 e. The number of carbonyl (C=O) groups is 2. The Morgan fingerprint density at radius 1 is 1.27 bits per heavy atom. The predicted molar refractivity (Wildman–Crippen MR) is 111 cm³/mol. The second-order valence-corrected chi connectivity index (χ2v) is 7.17. The second-order valence-electron chi connectivity index (χ2n) is 7.17. The van der Waals surface area contributed by atoms with Crippen molar-refractivity contribution in [2.45, 2.75) is 32.0 Å². The van der Waals surface area contributed by atoms with Crippen LogP contribution < -0.4 is 20.1 Å². The van der Waals surface area contributed by atoms with Gasteiger partial charge < -0.3 is 20.1 Å². The van der Waals surface area contributed by atoms with E-state index in [1.165, 1.54) is 0 Å². The summed E-state index contributed by atoms with van der Waals surface area (Å²) in [5.41, 5.74) is 0.963. The first-order chi connectivity index (χ1) is 14.6. The summed E-state index contributed by atoms with van der Waals surface area (Å²) < 4.78 is 12.5. The van der Waals surface area contributed by atoms with Gasteiger partial charge in [-0.15, -0.1) is 0 Å². The highest BCUT2D eigenvalue weighted by atomic mass is 16.5. The van der Waals surface area contributed by atoms with Crippen LogP contribution in [0.25, 0.3) is 0 Å². The van der Waals surface area contributed by atoms with Gasteiger partial charge in [0.1, 0.15) is 11.5 Å². The average molecular weight is 415 g/mol. The Kier molecular flexibility index (Phi) is 7.67. The van der Waals surface area contributed by atoms with E-state index in [0.717, 1.165) is 18.5 Å². The summed E-state index contributed by atoms with van der Waals surface area (Å²) in [6.07, 6.45) is 4.51. The number of carbonyl (C=O) groups excluding carboxylic acids is 2. The molecule has 2 aromatic rings. The summed E-state index contributed by atoms with van der Waals surface area (Å²) >= 11 is 0.